The minimum Gasteiger partial charge on any atom is -0.411 e. The van der Waals surface area contributed by atoms with Crippen LogP contribution in [0.3, 0.4) is 0 Å². The highest BCUT2D eigenvalue weighted by atomic mass is 28.4. The van der Waals surface area contributed by atoms with Gasteiger partial charge in [-0.3, -0.25) is 0 Å². The fourth-order valence-electron chi connectivity index (χ4n) is 0.567. The summed E-state index contributed by atoms with van der Waals surface area (Å²) in [4.78, 5) is 0. The molecular weight excluding hydrogens is 128 g/mol. The Balaban J connectivity index is 3.71. The third-order valence-corrected chi connectivity index (χ3v) is 2.99. The van der Waals surface area contributed by atoms with E-state index < -0.39 is 8.32 Å². The molecule has 0 heterocycles. The Bertz CT molecular complexity index is 97.1. The van der Waals surface area contributed by atoms with Crippen LogP contribution in [0.5, 0.6) is 0 Å². The molecule has 1 nitrogen and oxygen atoms in total. The Kier molecular flexibility index (Phi) is 3.15. The zero-order valence-electron chi connectivity index (χ0n) is 6.48. The lowest BCUT2D eigenvalue weighted by molar-refractivity contribution is 0.263. The highest BCUT2D eigenvalue weighted by molar-refractivity contribution is 6.76. The van der Waals surface area contributed by atoms with E-state index in [2.05, 4.69) is 26.6 Å². The van der Waals surface area contributed by atoms with Crippen LogP contribution in [0.1, 0.15) is 6.92 Å². The van der Waals surface area contributed by atoms with E-state index in [9.17, 15) is 0 Å². The molecular formula is C7H15OSi. The first-order valence-corrected chi connectivity index (χ1v) is 6.11. The average molecular weight is 143 g/mol. The van der Waals surface area contributed by atoms with E-state index in [0.29, 0.717) is 0 Å². The van der Waals surface area contributed by atoms with E-state index in [0.717, 1.165) is 0 Å². The summed E-state index contributed by atoms with van der Waals surface area (Å²) in [6, 6.07) is 0. The molecule has 1 unspecified atom stereocenters. The van der Waals surface area contributed by atoms with Gasteiger partial charge >= 0.3 is 0 Å². The third-order valence-electron chi connectivity index (χ3n) is 0.997. The zero-order chi connectivity index (χ0) is 7.49. The zero-order valence-corrected chi connectivity index (χ0v) is 7.48. The molecule has 0 aliphatic rings. The van der Waals surface area contributed by atoms with Gasteiger partial charge in [-0.2, -0.15) is 0 Å². The van der Waals surface area contributed by atoms with Crippen LogP contribution in [0.15, 0.2) is 12.3 Å². The Morgan fingerprint density at radius 2 is 2.00 bits per heavy atom. The molecule has 0 aromatic carbocycles. The van der Waals surface area contributed by atoms with Crippen LogP contribution in [0.25, 0.3) is 0 Å². The first-order valence-electron chi connectivity index (χ1n) is 3.12. The normalized spacial score (nSPS) is 12.1. The molecule has 0 aromatic heterocycles. The minimum absolute atomic E-state index is 0.0877. The Morgan fingerprint density at radius 1 is 1.56 bits per heavy atom. The van der Waals surface area contributed by atoms with Crippen molar-refractivity contribution in [2.45, 2.75) is 26.1 Å². The summed E-state index contributed by atoms with van der Waals surface area (Å²) >= 11 is 0. The maximum Gasteiger partial charge on any atom is 0.210 e. The van der Waals surface area contributed by atoms with Crippen molar-refractivity contribution in [2.24, 2.45) is 0 Å². The van der Waals surface area contributed by atoms with Crippen LogP contribution < -0.4 is 0 Å². The van der Waals surface area contributed by atoms with Crippen molar-refractivity contribution in [1.82, 2.24) is 0 Å². The van der Waals surface area contributed by atoms with Gasteiger partial charge in [-0.25, -0.2) is 0 Å². The van der Waals surface area contributed by atoms with Gasteiger partial charge in [-0.05, 0) is 26.9 Å². The summed E-state index contributed by atoms with van der Waals surface area (Å²) in [6.07, 6.45) is 0.0877. The lowest BCUT2D eigenvalue weighted by Gasteiger charge is -2.20. The van der Waals surface area contributed by atoms with Crippen molar-refractivity contribution in [1.29, 1.82) is 0 Å². The molecule has 0 aromatic rings. The van der Waals surface area contributed by atoms with Gasteiger partial charge in [0.25, 0.3) is 0 Å². The monoisotopic (exact) mass is 143 g/mol. The van der Waals surface area contributed by atoms with Crippen molar-refractivity contribution in [3.8, 4) is 0 Å². The van der Waals surface area contributed by atoms with Gasteiger partial charge in [0.1, 0.15) is 0 Å². The second-order valence-corrected chi connectivity index (χ2v) is 6.59. The second-order valence-electron chi connectivity index (χ2n) is 2.74. The summed E-state index contributed by atoms with van der Waals surface area (Å²) in [5, 5.41) is 0. The molecule has 0 rings (SSSR count). The van der Waals surface area contributed by atoms with Gasteiger partial charge in [0.2, 0.25) is 8.32 Å². The molecule has 0 aliphatic carbocycles. The molecule has 0 N–H and O–H groups in total. The maximum absolute atomic E-state index is 5.50. The van der Waals surface area contributed by atoms with E-state index in [4.69, 9.17) is 4.43 Å². The average Bonchev–Trinajstić information content (AvgIpc) is 1.63. The van der Waals surface area contributed by atoms with Crippen molar-refractivity contribution in [2.75, 3.05) is 0 Å². The predicted octanol–water partition coefficient (Wildman–Crippen LogP) is 2.16. The topological polar surface area (TPSA) is 9.23 Å². The van der Waals surface area contributed by atoms with Crippen LogP contribution in [-0.4, -0.2) is 14.4 Å². The molecule has 0 fully saturated rings. The van der Waals surface area contributed by atoms with E-state index in [1.807, 2.05) is 12.6 Å². The molecule has 9 heavy (non-hydrogen) atoms. The first-order chi connectivity index (χ1) is 3.98. The molecule has 1 radical (unpaired) electrons. The van der Waals surface area contributed by atoms with Crippen LogP contribution in [0, 0.1) is 6.92 Å². The molecule has 0 saturated heterocycles. The number of hydrogen-bond acceptors (Lipinski definition) is 1. The van der Waals surface area contributed by atoms with Gasteiger partial charge in [-0.1, -0.05) is 5.70 Å². The standard InChI is InChI=1S/C7H15OSi/c1-6-9(4,5)8-7(2)3/h6-7H,1-2H2,3-5H3. The highest BCUT2D eigenvalue weighted by Crippen LogP contribution is 2.07. The lowest BCUT2D eigenvalue weighted by atomic mass is 10.5. The quantitative estimate of drug-likeness (QED) is 0.550. The SMILES string of the molecule is [CH2]C(C)O[Si](C)(C)C=C. The second kappa shape index (κ2) is 3.18. The molecule has 2 heteroatoms. The molecule has 0 saturated carbocycles. The molecule has 0 aliphatic heterocycles. The predicted molar refractivity (Wildman–Crippen MR) is 43.6 cm³/mol. The maximum atomic E-state index is 5.50. The summed E-state index contributed by atoms with van der Waals surface area (Å²) in [7, 11) is -1.54. The van der Waals surface area contributed by atoms with Crippen molar-refractivity contribution < 1.29 is 4.43 Å². The van der Waals surface area contributed by atoms with Crippen LogP contribution in [0.4, 0.5) is 0 Å². The minimum atomic E-state index is -1.54. The van der Waals surface area contributed by atoms with Crippen molar-refractivity contribution >= 4 is 8.32 Å². The molecule has 0 amide bonds. The molecule has 0 bridgehead atoms. The largest absolute Gasteiger partial charge is 0.411 e. The van der Waals surface area contributed by atoms with Gasteiger partial charge in [0.05, 0.1) is 0 Å². The molecule has 1 atom stereocenters. The van der Waals surface area contributed by atoms with E-state index in [1.165, 1.54) is 0 Å². The smallest absolute Gasteiger partial charge is 0.210 e. The van der Waals surface area contributed by atoms with Gasteiger partial charge < -0.3 is 4.43 Å². The van der Waals surface area contributed by atoms with E-state index >= 15 is 0 Å². The summed E-state index contributed by atoms with van der Waals surface area (Å²) in [6.45, 7) is 13.6. The summed E-state index contributed by atoms with van der Waals surface area (Å²) in [5.74, 6) is 0. The van der Waals surface area contributed by atoms with E-state index in [-0.39, 0.29) is 6.10 Å². The molecule has 0 spiro atoms. The van der Waals surface area contributed by atoms with Crippen LogP contribution >= 0.6 is 0 Å². The van der Waals surface area contributed by atoms with Crippen molar-refractivity contribution in [3.63, 3.8) is 0 Å². The van der Waals surface area contributed by atoms with Crippen LogP contribution in [0.2, 0.25) is 13.1 Å². The Labute approximate surface area is 58.9 Å². The molecule has 53 valence electrons. The van der Waals surface area contributed by atoms with Crippen molar-refractivity contribution in [3.05, 3.63) is 19.2 Å². The number of hydrogen-bond donors (Lipinski definition) is 0. The number of rotatable bonds is 3. The Morgan fingerprint density at radius 3 is 2.11 bits per heavy atom. The Hall–Kier alpha value is -0.0831. The highest BCUT2D eigenvalue weighted by Gasteiger charge is 2.18. The van der Waals surface area contributed by atoms with E-state index in [1.54, 1.807) is 0 Å². The lowest BCUT2D eigenvalue weighted by Crippen LogP contribution is -2.30. The van der Waals surface area contributed by atoms with Crippen LogP contribution in [-0.2, 0) is 4.43 Å². The fourth-order valence-corrected chi connectivity index (χ4v) is 1.70. The van der Waals surface area contributed by atoms with Gasteiger partial charge in [0.15, 0.2) is 0 Å². The summed E-state index contributed by atoms with van der Waals surface area (Å²) < 4.78 is 5.50. The third kappa shape index (κ3) is 4.42. The van der Waals surface area contributed by atoms with Gasteiger partial charge in [-0.15, -0.1) is 6.58 Å². The first kappa shape index (κ1) is 8.92. The van der Waals surface area contributed by atoms with Gasteiger partial charge in [0, 0.05) is 6.10 Å². The fraction of sp³-hybridized carbons (Fsp3) is 0.571. The summed E-state index contributed by atoms with van der Waals surface area (Å²) in [5.41, 5.74) is 1.91.